The highest BCUT2D eigenvalue weighted by Crippen LogP contribution is 2.49. The van der Waals surface area contributed by atoms with Crippen LogP contribution in [0.15, 0.2) is 48.5 Å². The Morgan fingerprint density at radius 2 is 1.86 bits per heavy atom. The second-order valence-corrected chi connectivity index (χ2v) is 9.89. The molecule has 1 saturated heterocycles. The van der Waals surface area contributed by atoms with E-state index >= 15 is 0 Å². The zero-order chi connectivity index (χ0) is 24.4. The van der Waals surface area contributed by atoms with E-state index in [2.05, 4.69) is 43.0 Å². The van der Waals surface area contributed by atoms with Crippen molar-refractivity contribution in [3.05, 3.63) is 59.7 Å². The summed E-state index contributed by atoms with van der Waals surface area (Å²) in [6, 6.07) is 14.2. The number of aliphatic hydroxyl groups is 1. The largest absolute Gasteiger partial charge is 0.454 e. The second kappa shape index (κ2) is 9.94. The molecule has 2 aliphatic heterocycles. The van der Waals surface area contributed by atoms with E-state index in [4.69, 9.17) is 9.47 Å². The van der Waals surface area contributed by atoms with E-state index in [1.165, 1.54) is 5.69 Å². The Balaban J connectivity index is 1.42. The van der Waals surface area contributed by atoms with Crippen molar-refractivity contribution in [2.24, 2.45) is 5.92 Å². The van der Waals surface area contributed by atoms with Crippen molar-refractivity contribution in [1.29, 1.82) is 0 Å². The van der Waals surface area contributed by atoms with Gasteiger partial charge in [0.15, 0.2) is 11.5 Å². The predicted molar refractivity (Wildman–Crippen MR) is 138 cm³/mol. The number of carbonyl (C=O) groups excluding carboxylic acids is 1. The first-order valence-electron chi connectivity index (χ1n) is 13.0. The molecule has 6 nitrogen and oxygen atoms in total. The van der Waals surface area contributed by atoms with Gasteiger partial charge in [0.25, 0.3) is 0 Å². The van der Waals surface area contributed by atoms with Crippen molar-refractivity contribution in [3.8, 4) is 11.5 Å². The van der Waals surface area contributed by atoms with Crippen molar-refractivity contribution >= 4 is 17.7 Å². The summed E-state index contributed by atoms with van der Waals surface area (Å²) in [7, 11) is 0. The first-order valence-corrected chi connectivity index (χ1v) is 13.0. The first kappa shape index (κ1) is 23.7. The van der Waals surface area contributed by atoms with Crippen LogP contribution in [0.3, 0.4) is 0 Å². The van der Waals surface area contributed by atoms with Gasteiger partial charge in [-0.05, 0) is 74.6 Å². The highest BCUT2D eigenvalue weighted by Gasteiger charge is 2.49. The van der Waals surface area contributed by atoms with Gasteiger partial charge in [-0.3, -0.25) is 4.79 Å². The average Bonchev–Trinajstić information content (AvgIpc) is 3.35. The summed E-state index contributed by atoms with van der Waals surface area (Å²) in [5.41, 5.74) is 2.50. The lowest BCUT2D eigenvalue weighted by atomic mass is 9.66. The molecule has 1 N–H and O–H groups in total. The molecule has 1 aliphatic carbocycles. The van der Waals surface area contributed by atoms with Gasteiger partial charge in [-0.1, -0.05) is 31.0 Å². The first-order chi connectivity index (χ1) is 17.0. The van der Waals surface area contributed by atoms with Crippen molar-refractivity contribution in [1.82, 2.24) is 4.90 Å². The number of nitrogens with zero attached hydrogens (tertiary/aromatic N) is 2. The molecule has 0 radical (unpaired) electrons. The summed E-state index contributed by atoms with van der Waals surface area (Å²) in [4.78, 5) is 17.8. The van der Waals surface area contributed by atoms with Gasteiger partial charge in [0, 0.05) is 37.3 Å². The van der Waals surface area contributed by atoms with E-state index in [-0.39, 0.29) is 24.7 Å². The fourth-order valence-electron chi connectivity index (χ4n) is 6.09. The van der Waals surface area contributed by atoms with Gasteiger partial charge in [-0.2, -0.15) is 0 Å². The number of piperidine rings is 1. The van der Waals surface area contributed by atoms with Crippen molar-refractivity contribution in [2.75, 3.05) is 31.3 Å². The zero-order valence-electron chi connectivity index (χ0n) is 20.8. The Hall–Kier alpha value is -2.99. The third-order valence-electron chi connectivity index (χ3n) is 8.03. The minimum Gasteiger partial charge on any atom is -0.454 e. The smallest absolute Gasteiger partial charge is 0.247 e. The molecule has 35 heavy (non-hydrogen) atoms. The number of rotatable bonds is 6. The molecule has 2 fully saturated rings. The minimum absolute atomic E-state index is 0.0203. The maximum absolute atomic E-state index is 13.5. The molecule has 6 heteroatoms. The standard InChI is InChI=1S/C29H36N2O4/c1-3-30(4-2)23-12-10-22(11-13-23)28-24-7-5-6-16-29(24,33)17-18-31(28)27(32)15-9-21-8-14-25-26(19-21)35-20-34-25/h8-15,19,24,28,33H,3-7,16-18,20H2,1-2H3/t24?,28-,29?/m0/s1. The van der Waals surface area contributed by atoms with E-state index in [9.17, 15) is 9.90 Å². The van der Waals surface area contributed by atoms with Crippen LogP contribution in [-0.2, 0) is 4.79 Å². The van der Waals surface area contributed by atoms with Gasteiger partial charge in [0.1, 0.15) is 0 Å². The molecule has 0 bridgehead atoms. The van der Waals surface area contributed by atoms with Crippen LogP contribution in [0, 0.1) is 5.92 Å². The molecular weight excluding hydrogens is 440 g/mol. The Labute approximate surface area is 208 Å². The van der Waals surface area contributed by atoms with Crippen LogP contribution in [0.2, 0.25) is 0 Å². The monoisotopic (exact) mass is 476 g/mol. The van der Waals surface area contributed by atoms with Crippen LogP contribution in [0.25, 0.3) is 6.08 Å². The van der Waals surface area contributed by atoms with E-state index in [0.29, 0.717) is 18.7 Å². The number of likely N-dealkylation sites (tertiary alicyclic amines) is 1. The van der Waals surface area contributed by atoms with E-state index in [0.717, 1.165) is 55.6 Å². The van der Waals surface area contributed by atoms with Gasteiger partial charge in [0.05, 0.1) is 11.6 Å². The van der Waals surface area contributed by atoms with Crippen LogP contribution in [0.5, 0.6) is 11.5 Å². The summed E-state index contributed by atoms with van der Waals surface area (Å²) in [6.07, 6.45) is 8.04. The summed E-state index contributed by atoms with van der Waals surface area (Å²) in [6.45, 7) is 7.02. The molecule has 186 valence electrons. The molecule has 3 aliphatic rings. The maximum Gasteiger partial charge on any atom is 0.247 e. The fraction of sp³-hybridized carbons (Fsp3) is 0.483. The third-order valence-corrected chi connectivity index (χ3v) is 8.03. The number of amides is 1. The van der Waals surface area contributed by atoms with Crippen LogP contribution >= 0.6 is 0 Å². The van der Waals surface area contributed by atoms with Crippen LogP contribution in [-0.4, -0.2) is 47.9 Å². The number of benzene rings is 2. The quantitative estimate of drug-likeness (QED) is 0.583. The predicted octanol–water partition coefficient (Wildman–Crippen LogP) is 5.17. The molecule has 0 spiro atoms. The molecule has 1 saturated carbocycles. The number of ether oxygens (including phenoxy) is 2. The highest BCUT2D eigenvalue weighted by atomic mass is 16.7. The van der Waals surface area contributed by atoms with Gasteiger partial charge in [0.2, 0.25) is 12.7 Å². The molecule has 2 aromatic carbocycles. The lowest BCUT2D eigenvalue weighted by Gasteiger charge is -2.52. The van der Waals surface area contributed by atoms with Crippen LogP contribution < -0.4 is 14.4 Å². The van der Waals surface area contributed by atoms with Crippen molar-refractivity contribution in [3.63, 3.8) is 0 Å². The maximum atomic E-state index is 13.5. The van der Waals surface area contributed by atoms with E-state index in [1.807, 2.05) is 29.2 Å². The van der Waals surface area contributed by atoms with Crippen LogP contribution in [0.4, 0.5) is 5.69 Å². The molecule has 2 heterocycles. The van der Waals surface area contributed by atoms with Gasteiger partial charge >= 0.3 is 0 Å². The Morgan fingerprint density at radius 3 is 2.63 bits per heavy atom. The number of carbonyl (C=O) groups is 1. The molecule has 1 amide bonds. The summed E-state index contributed by atoms with van der Waals surface area (Å²) < 4.78 is 10.9. The summed E-state index contributed by atoms with van der Waals surface area (Å²) in [5.74, 6) is 1.46. The SMILES string of the molecule is CCN(CC)c1ccc([C@H]2C3CCCCC3(O)CCN2C(=O)C=Cc2ccc3c(c2)OCO3)cc1. The summed E-state index contributed by atoms with van der Waals surface area (Å²) in [5, 5.41) is 11.5. The minimum atomic E-state index is -0.696. The second-order valence-electron chi connectivity index (χ2n) is 9.89. The number of anilines is 1. The Bertz CT molecular complexity index is 1080. The fourth-order valence-corrected chi connectivity index (χ4v) is 6.09. The van der Waals surface area contributed by atoms with Crippen molar-refractivity contribution in [2.45, 2.75) is 57.6 Å². The molecule has 5 rings (SSSR count). The summed E-state index contributed by atoms with van der Waals surface area (Å²) >= 11 is 0. The normalized spacial score (nSPS) is 25.5. The van der Waals surface area contributed by atoms with Crippen molar-refractivity contribution < 1.29 is 19.4 Å². The van der Waals surface area contributed by atoms with Gasteiger partial charge in [-0.15, -0.1) is 0 Å². The molecule has 0 aromatic heterocycles. The zero-order valence-corrected chi connectivity index (χ0v) is 20.8. The molecule has 2 unspecified atom stereocenters. The number of hydrogen-bond donors (Lipinski definition) is 1. The average molecular weight is 477 g/mol. The number of fused-ring (bicyclic) bond motifs is 2. The van der Waals surface area contributed by atoms with E-state index < -0.39 is 5.60 Å². The number of hydrogen-bond acceptors (Lipinski definition) is 5. The molecule has 3 atom stereocenters. The highest BCUT2D eigenvalue weighted by molar-refractivity contribution is 5.92. The Kier molecular flexibility index (Phi) is 6.74. The van der Waals surface area contributed by atoms with Crippen LogP contribution in [0.1, 0.15) is 63.1 Å². The van der Waals surface area contributed by atoms with Gasteiger partial charge < -0.3 is 24.4 Å². The lowest BCUT2D eigenvalue weighted by molar-refractivity contribution is -0.150. The van der Waals surface area contributed by atoms with Gasteiger partial charge in [-0.25, -0.2) is 0 Å². The lowest BCUT2D eigenvalue weighted by Crippen LogP contribution is -2.56. The molecular formula is C29H36N2O4. The topological polar surface area (TPSA) is 62.2 Å². The van der Waals surface area contributed by atoms with E-state index in [1.54, 1.807) is 6.08 Å². The Morgan fingerprint density at radius 1 is 1.09 bits per heavy atom. The molecule has 2 aromatic rings. The third kappa shape index (κ3) is 4.64.